The van der Waals surface area contributed by atoms with Crippen molar-refractivity contribution >= 4 is 6.01 Å². The third-order valence-electron chi connectivity index (χ3n) is 2.81. The smallest absolute Gasteiger partial charge is 0.0925 e. The summed E-state index contributed by atoms with van der Waals surface area (Å²) in [4.78, 5) is 2.58. The third-order valence-corrected chi connectivity index (χ3v) is 2.81. The van der Waals surface area contributed by atoms with E-state index >= 15 is 0 Å². The molecule has 0 amide bonds. The van der Waals surface area contributed by atoms with Crippen molar-refractivity contribution < 1.29 is 4.48 Å². The molecule has 15 heavy (non-hydrogen) atoms. The molecular formula is C11H22N4. The van der Waals surface area contributed by atoms with Gasteiger partial charge in [-0.05, 0) is 27.2 Å². The van der Waals surface area contributed by atoms with Gasteiger partial charge in [0.2, 0.25) is 0 Å². The Hall–Kier alpha value is -1.17. The van der Waals surface area contributed by atoms with Gasteiger partial charge in [0.1, 0.15) is 0 Å². The molecule has 86 valence electrons. The van der Waals surface area contributed by atoms with E-state index in [9.17, 15) is 0 Å². The average Bonchev–Trinajstić information content (AvgIpc) is 2.28. The van der Waals surface area contributed by atoms with Gasteiger partial charge < -0.3 is 14.9 Å². The van der Waals surface area contributed by atoms with E-state index in [0.717, 1.165) is 0 Å². The predicted octanol–water partition coefficient (Wildman–Crippen LogP) is 2.48. The van der Waals surface area contributed by atoms with Gasteiger partial charge >= 0.3 is 0 Å². The highest BCUT2D eigenvalue weighted by molar-refractivity contribution is 5.46. The van der Waals surface area contributed by atoms with Crippen LogP contribution >= 0.6 is 0 Å². The first kappa shape index (κ1) is 16.3. The molecule has 0 atom stereocenters. The third kappa shape index (κ3) is 7.87. The molecule has 0 N–H and O–H groups in total. The largest absolute Gasteiger partial charge is 0.422 e. The minimum absolute atomic E-state index is 1.28. The van der Waals surface area contributed by atoms with Crippen LogP contribution < -0.4 is 0 Å². The molecule has 0 saturated heterocycles. The number of nitriles is 1. The molecular weight excluding hydrogens is 188 g/mol. The van der Waals surface area contributed by atoms with Crippen LogP contribution in [0, 0.1) is 11.5 Å². The van der Waals surface area contributed by atoms with Gasteiger partial charge in [0.25, 0.3) is 0 Å². The van der Waals surface area contributed by atoms with Crippen LogP contribution in [0.5, 0.6) is 0 Å². The van der Waals surface area contributed by atoms with Crippen molar-refractivity contribution in [1.29, 1.82) is 5.26 Å². The Morgan fingerprint density at radius 1 is 1.13 bits per heavy atom. The van der Waals surface area contributed by atoms with E-state index in [2.05, 4.69) is 32.7 Å². The van der Waals surface area contributed by atoms with Crippen LogP contribution in [0.25, 0.3) is 5.41 Å². The summed E-state index contributed by atoms with van der Waals surface area (Å²) in [6.45, 7) is 14.4. The van der Waals surface area contributed by atoms with Crippen LogP contribution in [-0.2, 0) is 0 Å². The monoisotopic (exact) mass is 210 g/mol. The highest BCUT2D eigenvalue weighted by atomic mass is 15.3. The Kier molecular flexibility index (Phi) is 11.8. The Balaban J connectivity index is 0. The van der Waals surface area contributed by atoms with E-state index in [1.165, 1.54) is 49.3 Å². The highest BCUT2D eigenvalue weighted by Crippen LogP contribution is 2.06. The summed E-state index contributed by atoms with van der Waals surface area (Å²) in [6, 6.07) is 1.28. The van der Waals surface area contributed by atoms with Gasteiger partial charge in [0.15, 0.2) is 0 Å². The fourth-order valence-corrected chi connectivity index (χ4v) is 1.64. The first-order valence-electron chi connectivity index (χ1n) is 5.49. The lowest BCUT2D eigenvalue weighted by Gasteiger charge is -2.35. The summed E-state index contributed by atoms with van der Waals surface area (Å²) in [5.74, 6) is 0. The van der Waals surface area contributed by atoms with Crippen LogP contribution in [-0.4, -0.2) is 36.7 Å². The minimum Gasteiger partial charge on any atom is -0.422 e. The first-order valence-corrected chi connectivity index (χ1v) is 5.49. The molecule has 0 fully saturated rings. The van der Waals surface area contributed by atoms with Gasteiger partial charge in [-0.2, -0.15) is 5.26 Å². The standard InChI is InChI=1S/C9H22N.C2N3/c1-5-9-10(6-2,7-3)8-4;3-1-5-2-4/h5-9H2,1-4H3;/q+1;-1. The zero-order valence-corrected chi connectivity index (χ0v) is 10.3. The van der Waals surface area contributed by atoms with Gasteiger partial charge in [0, 0.05) is 0 Å². The summed E-state index contributed by atoms with van der Waals surface area (Å²) in [7, 11) is 0. The van der Waals surface area contributed by atoms with Gasteiger partial charge in [-0.25, -0.2) is 0 Å². The zero-order chi connectivity index (χ0) is 12.2. The second-order valence-corrected chi connectivity index (χ2v) is 3.33. The molecule has 0 aromatic carbocycles. The Labute approximate surface area is 93.3 Å². The van der Waals surface area contributed by atoms with Gasteiger partial charge in [-0.3, -0.25) is 0 Å². The average molecular weight is 210 g/mol. The lowest BCUT2D eigenvalue weighted by Crippen LogP contribution is -2.47. The first-order chi connectivity index (χ1) is 7.16. The summed E-state index contributed by atoms with van der Waals surface area (Å²) in [6.07, 6.45) is 2.60. The predicted molar refractivity (Wildman–Crippen MR) is 63.4 cm³/mol. The van der Waals surface area contributed by atoms with Gasteiger partial charge in [0.05, 0.1) is 32.4 Å². The van der Waals surface area contributed by atoms with Crippen molar-refractivity contribution in [2.75, 3.05) is 26.2 Å². The molecule has 0 saturated carbocycles. The molecule has 0 unspecified atom stereocenters. The second-order valence-electron chi connectivity index (χ2n) is 3.33. The van der Waals surface area contributed by atoms with Crippen molar-refractivity contribution in [3.8, 4) is 6.19 Å². The maximum absolute atomic E-state index is 7.43. The summed E-state index contributed by atoms with van der Waals surface area (Å²) >= 11 is 0. The molecule has 0 aliphatic carbocycles. The molecule has 4 nitrogen and oxygen atoms in total. The quantitative estimate of drug-likeness (QED) is 0.390. The Bertz CT molecular complexity index is 211. The van der Waals surface area contributed by atoms with E-state index in [1.54, 1.807) is 0 Å². The van der Waals surface area contributed by atoms with Crippen molar-refractivity contribution in [3.63, 3.8) is 0 Å². The SMILES string of the molecule is CCC[N+](CC)(CC)CC.N#CN=C=[N-]. The van der Waals surface area contributed by atoms with Crippen LogP contribution in [0.4, 0.5) is 0 Å². The number of nitrogens with zero attached hydrogens (tertiary/aromatic N) is 4. The topological polar surface area (TPSA) is 58.5 Å². The lowest BCUT2D eigenvalue weighted by atomic mass is 10.3. The van der Waals surface area contributed by atoms with Crippen molar-refractivity contribution in [3.05, 3.63) is 5.41 Å². The molecule has 0 aliphatic heterocycles. The fourth-order valence-electron chi connectivity index (χ4n) is 1.64. The number of rotatable bonds is 5. The van der Waals surface area contributed by atoms with E-state index in [1.807, 2.05) is 0 Å². The van der Waals surface area contributed by atoms with Crippen molar-refractivity contribution in [2.45, 2.75) is 34.1 Å². The van der Waals surface area contributed by atoms with Crippen molar-refractivity contribution in [1.82, 2.24) is 0 Å². The number of aliphatic imine (C=N–C) groups is 1. The highest BCUT2D eigenvalue weighted by Gasteiger charge is 2.17. The fraction of sp³-hybridized carbons (Fsp3) is 0.818. The molecule has 0 aliphatic rings. The molecule has 0 heterocycles. The van der Waals surface area contributed by atoms with Crippen LogP contribution in [0.3, 0.4) is 0 Å². The van der Waals surface area contributed by atoms with E-state index in [-0.39, 0.29) is 0 Å². The van der Waals surface area contributed by atoms with Gasteiger partial charge in [-0.15, -0.1) is 6.01 Å². The van der Waals surface area contributed by atoms with E-state index in [4.69, 9.17) is 10.7 Å². The zero-order valence-electron chi connectivity index (χ0n) is 10.3. The second kappa shape index (κ2) is 10.9. The summed E-state index contributed by atoms with van der Waals surface area (Å²) < 4.78 is 1.30. The number of quaternary nitrogens is 1. The lowest BCUT2D eigenvalue weighted by molar-refractivity contribution is -0.923. The Morgan fingerprint density at radius 2 is 1.60 bits per heavy atom. The molecule has 0 bridgehead atoms. The number of hydrogen-bond acceptors (Lipinski definition) is 2. The molecule has 0 aromatic heterocycles. The maximum atomic E-state index is 7.43. The van der Waals surface area contributed by atoms with Crippen LogP contribution in [0.2, 0.25) is 0 Å². The van der Waals surface area contributed by atoms with E-state index < -0.39 is 0 Å². The molecule has 0 aromatic rings. The summed E-state index contributed by atoms with van der Waals surface area (Å²) in [5, 5.41) is 14.9. The minimum atomic E-state index is 1.28. The van der Waals surface area contributed by atoms with Gasteiger partial charge in [-0.1, -0.05) is 6.92 Å². The Morgan fingerprint density at radius 3 is 1.67 bits per heavy atom. The molecule has 0 spiro atoms. The van der Waals surface area contributed by atoms with Crippen molar-refractivity contribution in [2.24, 2.45) is 4.99 Å². The maximum Gasteiger partial charge on any atom is 0.0925 e. The van der Waals surface area contributed by atoms with Crippen LogP contribution in [0.15, 0.2) is 4.99 Å². The molecule has 0 rings (SSSR count). The number of hydrogen-bond donors (Lipinski definition) is 0. The molecule has 0 radical (unpaired) electrons. The van der Waals surface area contributed by atoms with E-state index in [0.29, 0.717) is 0 Å². The summed E-state index contributed by atoms with van der Waals surface area (Å²) in [5.41, 5.74) is 0. The normalized spacial score (nSPS) is 9.27. The molecule has 4 heteroatoms. The van der Waals surface area contributed by atoms with Crippen LogP contribution in [0.1, 0.15) is 34.1 Å².